The van der Waals surface area contributed by atoms with Gasteiger partial charge in [-0.25, -0.2) is 4.79 Å². The van der Waals surface area contributed by atoms with Gasteiger partial charge in [0.25, 0.3) is 5.91 Å². The SMILES string of the molecule is O=C(O)C[C@H](C(=O)O)N1C(=O)/C(=C/C2=Cc3ccccc3OC2)SC1=S. The van der Waals surface area contributed by atoms with Crippen LogP contribution in [0.3, 0.4) is 0 Å². The molecule has 0 unspecified atom stereocenters. The Balaban J connectivity index is 1.87. The Hall–Kier alpha value is -2.65. The van der Waals surface area contributed by atoms with Crippen LogP contribution in [0.1, 0.15) is 12.0 Å². The lowest BCUT2D eigenvalue weighted by molar-refractivity contribution is -0.150. The van der Waals surface area contributed by atoms with E-state index in [0.29, 0.717) is 0 Å². The molecule has 0 saturated carbocycles. The lowest BCUT2D eigenvalue weighted by atomic mass is 10.1. The van der Waals surface area contributed by atoms with Crippen LogP contribution in [0.4, 0.5) is 0 Å². The summed E-state index contributed by atoms with van der Waals surface area (Å²) in [7, 11) is 0. The van der Waals surface area contributed by atoms with E-state index in [2.05, 4.69) is 0 Å². The fraction of sp³-hybridized carbons (Fsp3) is 0.176. The molecule has 2 heterocycles. The minimum atomic E-state index is -1.54. The summed E-state index contributed by atoms with van der Waals surface area (Å²) in [6, 6.07) is 5.90. The van der Waals surface area contributed by atoms with Crippen molar-refractivity contribution in [3.63, 3.8) is 0 Å². The molecule has 134 valence electrons. The number of hydrogen-bond donors (Lipinski definition) is 2. The predicted molar refractivity (Wildman–Crippen MR) is 98.7 cm³/mol. The number of carboxylic acid groups (broad SMARTS) is 2. The Morgan fingerprint density at radius 2 is 2.08 bits per heavy atom. The average Bonchev–Trinajstić information content (AvgIpc) is 2.86. The fourth-order valence-electron chi connectivity index (χ4n) is 2.59. The van der Waals surface area contributed by atoms with Crippen LogP contribution in [-0.4, -0.2) is 49.9 Å². The molecule has 9 heteroatoms. The van der Waals surface area contributed by atoms with Crippen molar-refractivity contribution in [1.29, 1.82) is 0 Å². The molecule has 2 N–H and O–H groups in total. The van der Waals surface area contributed by atoms with Crippen LogP contribution >= 0.6 is 24.0 Å². The fourth-order valence-corrected chi connectivity index (χ4v) is 3.96. The van der Waals surface area contributed by atoms with Crippen molar-refractivity contribution in [2.45, 2.75) is 12.5 Å². The minimum Gasteiger partial charge on any atom is -0.488 e. The van der Waals surface area contributed by atoms with E-state index in [4.69, 9.17) is 22.1 Å². The molecule has 3 rings (SSSR count). The number of benzene rings is 1. The van der Waals surface area contributed by atoms with Gasteiger partial charge in [0.1, 0.15) is 22.7 Å². The third-order valence-electron chi connectivity index (χ3n) is 3.76. The number of carboxylic acids is 2. The summed E-state index contributed by atoms with van der Waals surface area (Å²) < 4.78 is 5.64. The first-order valence-electron chi connectivity index (χ1n) is 7.51. The molecule has 0 bridgehead atoms. The van der Waals surface area contributed by atoms with Crippen LogP contribution < -0.4 is 4.74 Å². The van der Waals surface area contributed by atoms with Gasteiger partial charge in [-0.15, -0.1) is 0 Å². The lowest BCUT2D eigenvalue weighted by Crippen LogP contribution is -2.45. The van der Waals surface area contributed by atoms with Crippen molar-refractivity contribution in [1.82, 2.24) is 4.90 Å². The maximum Gasteiger partial charge on any atom is 0.327 e. The molecule has 7 nitrogen and oxygen atoms in total. The van der Waals surface area contributed by atoms with Crippen molar-refractivity contribution in [3.8, 4) is 5.75 Å². The largest absolute Gasteiger partial charge is 0.488 e. The van der Waals surface area contributed by atoms with E-state index in [0.717, 1.165) is 33.5 Å². The number of rotatable bonds is 5. The van der Waals surface area contributed by atoms with Gasteiger partial charge in [-0.1, -0.05) is 42.2 Å². The van der Waals surface area contributed by atoms with E-state index < -0.39 is 30.3 Å². The van der Waals surface area contributed by atoms with E-state index >= 15 is 0 Å². The van der Waals surface area contributed by atoms with Gasteiger partial charge in [-0.3, -0.25) is 14.5 Å². The normalized spacial score (nSPS) is 19.0. The Bertz CT molecular complexity index is 876. The quantitative estimate of drug-likeness (QED) is 0.581. The second-order valence-electron chi connectivity index (χ2n) is 5.55. The van der Waals surface area contributed by atoms with Gasteiger partial charge in [-0.05, 0) is 23.8 Å². The number of nitrogens with zero attached hydrogens (tertiary/aromatic N) is 1. The zero-order valence-corrected chi connectivity index (χ0v) is 14.9. The van der Waals surface area contributed by atoms with Gasteiger partial charge in [0.15, 0.2) is 0 Å². The van der Waals surface area contributed by atoms with Gasteiger partial charge >= 0.3 is 11.9 Å². The number of aliphatic carboxylic acids is 2. The molecule has 1 saturated heterocycles. The smallest absolute Gasteiger partial charge is 0.327 e. The van der Waals surface area contributed by atoms with Crippen molar-refractivity contribution in [2.75, 3.05) is 6.61 Å². The summed E-state index contributed by atoms with van der Waals surface area (Å²) in [5, 5.41) is 18.2. The van der Waals surface area contributed by atoms with Crippen molar-refractivity contribution in [3.05, 3.63) is 46.4 Å². The molecule has 1 aromatic carbocycles. The monoisotopic (exact) mass is 391 g/mol. The van der Waals surface area contributed by atoms with Crippen LogP contribution in [0, 0.1) is 0 Å². The highest BCUT2D eigenvalue weighted by Crippen LogP contribution is 2.35. The molecular weight excluding hydrogens is 378 g/mol. The maximum atomic E-state index is 12.6. The van der Waals surface area contributed by atoms with Crippen molar-refractivity contribution >= 4 is 52.2 Å². The summed E-state index contributed by atoms with van der Waals surface area (Å²) in [6.45, 7) is 0.263. The zero-order valence-electron chi connectivity index (χ0n) is 13.2. The number of thiocarbonyl (C=S) groups is 1. The van der Waals surface area contributed by atoms with E-state index in [1.165, 1.54) is 0 Å². The molecule has 26 heavy (non-hydrogen) atoms. The molecule has 1 fully saturated rings. The Labute approximate surface area is 157 Å². The first-order valence-corrected chi connectivity index (χ1v) is 8.73. The summed E-state index contributed by atoms with van der Waals surface area (Å²) in [5.41, 5.74) is 1.60. The molecule has 0 radical (unpaired) electrons. The molecule has 1 atom stereocenters. The van der Waals surface area contributed by atoms with Crippen LogP contribution in [0.25, 0.3) is 6.08 Å². The molecule has 0 aromatic heterocycles. The maximum absolute atomic E-state index is 12.6. The zero-order chi connectivity index (χ0) is 18.8. The van der Waals surface area contributed by atoms with E-state index in [-0.39, 0.29) is 15.8 Å². The molecule has 0 spiro atoms. The topological polar surface area (TPSA) is 104 Å². The molecule has 1 aromatic rings. The molecule has 0 aliphatic carbocycles. The number of hydrogen-bond acceptors (Lipinski definition) is 6. The predicted octanol–water partition coefficient (Wildman–Crippen LogP) is 2.13. The third kappa shape index (κ3) is 3.63. The molecule has 1 amide bonds. The first kappa shape index (κ1) is 18.2. The van der Waals surface area contributed by atoms with Crippen LogP contribution in [-0.2, 0) is 14.4 Å². The number of thioether (sulfide) groups is 1. The third-order valence-corrected chi connectivity index (χ3v) is 5.09. The number of carbonyl (C=O) groups excluding carboxylic acids is 1. The van der Waals surface area contributed by atoms with Crippen LogP contribution in [0.15, 0.2) is 40.8 Å². The van der Waals surface area contributed by atoms with Crippen LogP contribution in [0.2, 0.25) is 0 Å². The Kier molecular flexibility index (Phi) is 5.10. The number of para-hydroxylation sites is 1. The number of ether oxygens (including phenoxy) is 1. The second kappa shape index (κ2) is 7.30. The Morgan fingerprint density at radius 3 is 2.77 bits per heavy atom. The van der Waals surface area contributed by atoms with E-state index in [1.54, 1.807) is 6.08 Å². The van der Waals surface area contributed by atoms with E-state index in [9.17, 15) is 19.5 Å². The second-order valence-corrected chi connectivity index (χ2v) is 7.23. The standard InChI is InChI=1S/C17H13NO6S2/c19-14(20)7-11(16(22)23)18-15(21)13(26-17(18)25)6-9-5-10-3-1-2-4-12(10)24-8-9/h1-6,11H,7-8H2,(H,19,20)(H,22,23)/b13-6-/t11-/m1/s1. The van der Waals surface area contributed by atoms with Crippen molar-refractivity contribution in [2.24, 2.45) is 0 Å². The van der Waals surface area contributed by atoms with Crippen LogP contribution in [0.5, 0.6) is 5.75 Å². The summed E-state index contributed by atoms with van der Waals surface area (Å²) in [6.07, 6.45) is 2.74. The molecular formula is C17H13NO6S2. The van der Waals surface area contributed by atoms with Crippen molar-refractivity contribution < 1.29 is 29.3 Å². The number of carbonyl (C=O) groups is 3. The number of amides is 1. The summed E-state index contributed by atoms with van der Waals surface area (Å²) in [5.74, 6) is -2.62. The highest BCUT2D eigenvalue weighted by Gasteiger charge is 2.41. The molecule has 2 aliphatic heterocycles. The van der Waals surface area contributed by atoms with Gasteiger partial charge in [0.2, 0.25) is 0 Å². The van der Waals surface area contributed by atoms with Gasteiger partial charge in [0, 0.05) is 5.56 Å². The van der Waals surface area contributed by atoms with E-state index in [1.807, 2.05) is 30.3 Å². The lowest BCUT2D eigenvalue weighted by Gasteiger charge is -2.21. The average molecular weight is 391 g/mol. The summed E-state index contributed by atoms with van der Waals surface area (Å²) in [4.78, 5) is 36.0. The first-order chi connectivity index (χ1) is 12.4. The van der Waals surface area contributed by atoms with Gasteiger partial charge in [-0.2, -0.15) is 0 Å². The number of fused-ring (bicyclic) bond motifs is 1. The summed E-state index contributed by atoms with van der Waals surface area (Å²) >= 11 is 6.04. The highest BCUT2D eigenvalue weighted by atomic mass is 32.2. The Morgan fingerprint density at radius 1 is 1.35 bits per heavy atom. The molecule has 2 aliphatic rings. The van der Waals surface area contributed by atoms with Gasteiger partial charge in [0.05, 0.1) is 11.3 Å². The van der Waals surface area contributed by atoms with Gasteiger partial charge < -0.3 is 14.9 Å². The minimum absolute atomic E-state index is 0.0210. The highest BCUT2D eigenvalue weighted by molar-refractivity contribution is 8.26.